The first-order chi connectivity index (χ1) is 13.7. The monoisotopic (exact) mass is 378 g/mol. The van der Waals surface area contributed by atoms with Gasteiger partial charge in [-0.05, 0) is 36.6 Å². The predicted octanol–water partition coefficient (Wildman–Crippen LogP) is 4.07. The number of unbranched alkanes of at least 4 members (excludes halogenated alkanes) is 2. The number of aryl methyl sites for hydroxylation is 1. The van der Waals surface area contributed by atoms with Gasteiger partial charge >= 0.3 is 0 Å². The first kappa shape index (κ1) is 19.6. The molecule has 0 fully saturated rings. The fourth-order valence-corrected chi connectivity index (χ4v) is 3.15. The number of anilines is 1. The molecule has 0 aliphatic heterocycles. The topological polar surface area (TPSA) is 75.5 Å². The third-order valence-electron chi connectivity index (χ3n) is 4.68. The smallest absolute Gasteiger partial charge is 0.292 e. The Kier molecular flexibility index (Phi) is 6.42. The average Bonchev–Trinajstić information content (AvgIpc) is 3.11. The van der Waals surface area contributed by atoms with Crippen LogP contribution in [-0.4, -0.2) is 27.7 Å². The van der Waals surface area contributed by atoms with Crippen LogP contribution in [0, 0.1) is 0 Å². The molecule has 3 aromatic rings. The minimum absolute atomic E-state index is 0.195. The Labute approximate surface area is 165 Å². The Morgan fingerprint density at radius 1 is 1.00 bits per heavy atom. The second-order valence-corrected chi connectivity index (χ2v) is 6.67. The van der Waals surface area contributed by atoms with Gasteiger partial charge in [-0.3, -0.25) is 14.0 Å². The number of pyridine rings is 1. The van der Waals surface area contributed by atoms with Crippen LogP contribution < -0.4 is 10.6 Å². The molecule has 6 heteroatoms. The van der Waals surface area contributed by atoms with Gasteiger partial charge in [-0.2, -0.15) is 0 Å². The van der Waals surface area contributed by atoms with Gasteiger partial charge in [-0.1, -0.05) is 51.0 Å². The van der Waals surface area contributed by atoms with Crippen LogP contribution in [0.15, 0.2) is 48.7 Å². The molecule has 0 aliphatic carbocycles. The van der Waals surface area contributed by atoms with E-state index in [-0.39, 0.29) is 23.3 Å². The van der Waals surface area contributed by atoms with Crippen molar-refractivity contribution < 1.29 is 9.59 Å². The molecule has 3 rings (SSSR count). The quantitative estimate of drug-likeness (QED) is 0.580. The molecule has 146 valence electrons. The van der Waals surface area contributed by atoms with Gasteiger partial charge in [0.25, 0.3) is 11.8 Å². The average molecular weight is 378 g/mol. The number of carbonyl (C=O) groups excluding carboxylic acids is 2. The SMILES string of the molecule is CCCCCNC(=O)c1nc(C(=O)Nc2ccccc2CC)n2ccccc12. The predicted molar refractivity (Wildman–Crippen MR) is 111 cm³/mol. The van der Waals surface area contributed by atoms with Gasteiger partial charge in [0.2, 0.25) is 5.82 Å². The summed E-state index contributed by atoms with van der Waals surface area (Å²) in [7, 11) is 0. The molecule has 28 heavy (non-hydrogen) atoms. The molecule has 2 aromatic heterocycles. The highest BCUT2D eigenvalue weighted by atomic mass is 16.2. The lowest BCUT2D eigenvalue weighted by Crippen LogP contribution is -2.25. The van der Waals surface area contributed by atoms with E-state index in [1.165, 1.54) is 0 Å². The Balaban J connectivity index is 1.87. The fraction of sp³-hybridized carbons (Fsp3) is 0.318. The molecule has 0 radical (unpaired) electrons. The highest BCUT2D eigenvalue weighted by Crippen LogP contribution is 2.18. The van der Waals surface area contributed by atoms with E-state index in [0.29, 0.717) is 12.1 Å². The van der Waals surface area contributed by atoms with Crippen LogP contribution in [0.5, 0.6) is 0 Å². The van der Waals surface area contributed by atoms with Crippen LogP contribution in [0.1, 0.15) is 59.8 Å². The Bertz CT molecular complexity index is 978. The first-order valence-corrected chi connectivity index (χ1v) is 9.80. The third kappa shape index (κ3) is 4.22. The molecule has 2 heterocycles. The molecule has 0 aliphatic rings. The number of rotatable bonds is 8. The lowest BCUT2D eigenvalue weighted by atomic mass is 10.1. The van der Waals surface area contributed by atoms with Crippen molar-refractivity contribution in [1.82, 2.24) is 14.7 Å². The summed E-state index contributed by atoms with van der Waals surface area (Å²) in [6.45, 7) is 4.76. The summed E-state index contributed by atoms with van der Waals surface area (Å²) in [6.07, 6.45) is 5.64. The maximum atomic E-state index is 12.9. The van der Waals surface area contributed by atoms with Crippen LogP contribution in [0.2, 0.25) is 0 Å². The first-order valence-electron chi connectivity index (χ1n) is 9.80. The number of amides is 2. The molecule has 2 N–H and O–H groups in total. The second-order valence-electron chi connectivity index (χ2n) is 6.67. The summed E-state index contributed by atoms with van der Waals surface area (Å²) in [5, 5.41) is 5.83. The summed E-state index contributed by atoms with van der Waals surface area (Å²) in [4.78, 5) is 29.9. The van der Waals surface area contributed by atoms with Crippen molar-refractivity contribution in [2.45, 2.75) is 39.5 Å². The van der Waals surface area contributed by atoms with E-state index in [1.54, 1.807) is 16.7 Å². The zero-order chi connectivity index (χ0) is 19.9. The van der Waals surface area contributed by atoms with Crippen LogP contribution in [0.3, 0.4) is 0 Å². The Hall–Kier alpha value is -3.15. The Morgan fingerprint density at radius 3 is 2.57 bits per heavy atom. The highest BCUT2D eigenvalue weighted by Gasteiger charge is 2.21. The number of hydrogen-bond acceptors (Lipinski definition) is 3. The van der Waals surface area contributed by atoms with Crippen molar-refractivity contribution in [3.8, 4) is 0 Å². The number of fused-ring (bicyclic) bond motifs is 1. The summed E-state index contributed by atoms with van der Waals surface area (Å²) in [5.41, 5.74) is 2.69. The summed E-state index contributed by atoms with van der Waals surface area (Å²) in [6, 6.07) is 13.1. The van der Waals surface area contributed by atoms with Crippen LogP contribution in [-0.2, 0) is 6.42 Å². The molecule has 0 saturated carbocycles. The van der Waals surface area contributed by atoms with E-state index in [9.17, 15) is 9.59 Å². The minimum Gasteiger partial charge on any atom is -0.351 e. The maximum Gasteiger partial charge on any atom is 0.292 e. The second kappa shape index (κ2) is 9.17. The van der Waals surface area contributed by atoms with Gasteiger partial charge in [-0.25, -0.2) is 4.98 Å². The number of imidazole rings is 1. The van der Waals surface area contributed by atoms with Crippen molar-refractivity contribution in [3.05, 3.63) is 65.7 Å². The standard InChI is InChI=1S/C22H26N4O2/c1-3-5-9-14-23-21(27)19-18-13-8-10-15-26(18)20(25-19)22(28)24-17-12-7-6-11-16(17)4-2/h6-8,10-13,15H,3-5,9,14H2,1-2H3,(H,23,27)(H,24,28). The largest absolute Gasteiger partial charge is 0.351 e. The molecular weight excluding hydrogens is 352 g/mol. The zero-order valence-corrected chi connectivity index (χ0v) is 16.4. The highest BCUT2D eigenvalue weighted by molar-refractivity contribution is 6.06. The molecule has 0 saturated heterocycles. The van der Waals surface area contributed by atoms with E-state index in [4.69, 9.17) is 0 Å². The normalized spacial score (nSPS) is 10.8. The fourth-order valence-electron chi connectivity index (χ4n) is 3.15. The van der Waals surface area contributed by atoms with Crippen LogP contribution in [0.25, 0.3) is 5.52 Å². The van der Waals surface area contributed by atoms with Crippen molar-refractivity contribution in [2.75, 3.05) is 11.9 Å². The van der Waals surface area contributed by atoms with Crippen molar-refractivity contribution in [2.24, 2.45) is 0 Å². The van der Waals surface area contributed by atoms with Crippen molar-refractivity contribution in [3.63, 3.8) is 0 Å². The lowest BCUT2D eigenvalue weighted by Gasteiger charge is -2.08. The van der Waals surface area contributed by atoms with Gasteiger partial charge in [0.15, 0.2) is 5.69 Å². The molecule has 0 bridgehead atoms. The number of aromatic nitrogens is 2. The summed E-state index contributed by atoms with van der Waals surface area (Å²) in [5.74, 6) is -0.403. The molecule has 0 atom stereocenters. The molecule has 1 aromatic carbocycles. The van der Waals surface area contributed by atoms with Crippen LogP contribution in [0.4, 0.5) is 5.69 Å². The van der Waals surface area contributed by atoms with Gasteiger partial charge < -0.3 is 10.6 Å². The summed E-state index contributed by atoms with van der Waals surface area (Å²) >= 11 is 0. The number of carbonyl (C=O) groups is 2. The minimum atomic E-state index is -0.341. The zero-order valence-electron chi connectivity index (χ0n) is 16.4. The molecule has 0 unspecified atom stereocenters. The van der Waals surface area contributed by atoms with Gasteiger partial charge in [0, 0.05) is 18.4 Å². The van der Waals surface area contributed by atoms with E-state index >= 15 is 0 Å². The molecular formula is C22H26N4O2. The van der Waals surface area contributed by atoms with Gasteiger partial charge in [0.05, 0.1) is 5.52 Å². The Morgan fingerprint density at radius 2 is 1.79 bits per heavy atom. The number of nitrogens with one attached hydrogen (secondary N) is 2. The number of benzene rings is 1. The number of hydrogen-bond donors (Lipinski definition) is 2. The maximum absolute atomic E-state index is 12.9. The molecule has 6 nitrogen and oxygen atoms in total. The summed E-state index contributed by atoms with van der Waals surface area (Å²) < 4.78 is 1.66. The third-order valence-corrected chi connectivity index (χ3v) is 4.68. The number of nitrogens with zero attached hydrogens (tertiary/aromatic N) is 2. The van der Waals surface area contributed by atoms with Gasteiger partial charge in [0.1, 0.15) is 0 Å². The van der Waals surface area contributed by atoms with E-state index in [2.05, 4.69) is 22.5 Å². The van der Waals surface area contributed by atoms with Crippen molar-refractivity contribution >= 4 is 23.0 Å². The molecule has 2 amide bonds. The van der Waals surface area contributed by atoms with E-state index in [1.807, 2.05) is 43.3 Å². The number of para-hydroxylation sites is 1. The molecule has 0 spiro atoms. The van der Waals surface area contributed by atoms with Crippen LogP contribution >= 0.6 is 0 Å². The van der Waals surface area contributed by atoms with Gasteiger partial charge in [-0.15, -0.1) is 0 Å². The lowest BCUT2D eigenvalue weighted by molar-refractivity contribution is 0.0950. The van der Waals surface area contributed by atoms with E-state index in [0.717, 1.165) is 36.9 Å². The van der Waals surface area contributed by atoms with Crippen molar-refractivity contribution in [1.29, 1.82) is 0 Å². The van der Waals surface area contributed by atoms with E-state index < -0.39 is 0 Å².